The van der Waals surface area contributed by atoms with Crippen molar-refractivity contribution in [2.75, 3.05) is 0 Å². The number of carbonyl (C=O) groups excluding carboxylic acids is 1. The molecule has 0 saturated carbocycles. The minimum absolute atomic E-state index is 0.126. The minimum atomic E-state index is -0.229. The van der Waals surface area contributed by atoms with Crippen molar-refractivity contribution in [3.8, 4) is 0 Å². The number of rotatable bonds is 6. The zero-order chi connectivity index (χ0) is 11.8. The molecule has 1 rings (SSSR count). The van der Waals surface area contributed by atoms with Crippen LogP contribution in [0.3, 0.4) is 0 Å². The van der Waals surface area contributed by atoms with Gasteiger partial charge in [-0.2, -0.15) is 0 Å². The molecule has 86 valence electrons. The minimum Gasteiger partial charge on any atom is -0.458 e. The van der Waals surface area contributed by atoms with Gasteiger partial charge in [0.1, 0.15) is 6.10 Å². The summed E-state index contributed by atoms with van der Waals surface area (Å²) in [5.41, 5.74) is 1.06. The zero-order valence-electron chi connectivity index (χ0n) is 9.69. The summed E-state index contributed by atoms with van der Waals surface area (Å²) in [6.45, 7) is 5.13. The van der Waals surface area contributed by atoms with Crippen LogP contribution in [0.5, 0.6) is 0 Å². The van der Waals surface area contributed by atoms with Gasteiger partial charge in [0.2, 0.25) is 0 Å². The average molecular weight is 218 g/mol. The van der Waals surface area contributed by atoms with Gasteiger partial charge in [0.05, 0.1) is 0 Å². The molecule has 0 aromatic heterocycles. The second kappa shape index (κ2) is 6.83. The molecule has 0 aliphatic rings. The molecular formula is C14H18O2. The number of hydrogen-bond donors (Lipinski definition) is 0. The molecule has 2 heteroatoms. The lowest BCUT2D eigenvalue weighted by atomic mass is 10.0. The lowest BCUT2D eigenvalue weighted by molar-refractivity contribution is -0.147. The van der Waals surface area contributed by atoms with E-state index < -0.39 is 0 Å². The predicted molar refractivity (Wildman–Crippen MR) is 65.0 cm³/mol. The van der Waals surface area contributed by atoms with Gasteiger partial charge in [-0.15, -0.1) is 6.58 Å². The highest BCUT2D eigenvalue weighted by molar-refractivity contribution is 5.66. The van der Waals surface area contributed by atoms with Crippen LogP contribution >= 0.6 is 0 Å². The fourth-order valence-electron chi connectivity index (χ4n) is 1.61. The lowest BCUT2D eigenvalue weighted by Crippen LogP contribution is -2.08. The Morgan fingerprint density at radius 2 is 2.12 bits per heavy atom. The smallest absolute Gasteiger partial charge is 0.303 e. The number of ether oxygens (including phenoxy) is 1. The monoisotopic (exact) mass is 218 g/mol. The van der Waals surface area contributed by atoms with E-state index in [1.54, 1.807) is 0 Å². The largest absolute Gasteiger partial charge is 0.458 e. The van der Waals surface area contributed by atoms with E-state index in [2.05, 4.69) is 6.58 Å². The van der Waals surface area contributed by atoms with Crippen LogP contribution in [0.2, 0.25) is 0 Å². The van der Waals surface area contributed by atoms with Crippen molar-refractivity contribution in [1.82, 2.24) is 0 Å². The van der Waals surface area contributed by atoms with Gasteiger partial charge in [-0.25, -0.2) is 0 Å². The fraction of sp³-hybridized carbons (Fsp3) is 0.357. The summed E-state index contributed by atoms with van der Waals surface area (Å²) in [5.74, 6) is -0.229. The molecule has 0 fully saturated rings. The van der Waals surface area contributed by atoms with Crippen LogP contribution in [0.1, 0.15) is 37.9 Å². The van der Waals surface area contributed by atoms with E-state index in [4.69, 9.17) is 4.74 Å². The third-order valence-electron chi connectivity index (χ3n) is 2.35. The van der Waals surface area contributed by atoms with Crippen LogP contribution in [0.4, 0.5) is 0 Å². The highest BCUT2D eigenvalue weighted by atomic mass is 16.5. The molecule has 0 radical (unpaired) electrons. The number of esters is 1. The second-order valence-electron chi connectivity index (χ2n) is 3.73. The van der Waals surface area contributed by atoms with E-state index in [1.165, 1.54) is 6.92 Å². The van der Waals surface area contributed by atoms with Crippen molar-refractivity contribution in [1.29, 1.82) is 0 Å². The van der Waals surface area contributed by atoms with E-state index in [9.17, 15) is 4.79 Å². The summed E-state index contributed by atoms with van der Waals surface area (Å²) < 4.78 is 5.31. The van der Waals surface area contributed by atoms with Gasteiger partial charge < -0.3 is 4.74 Å². The molecule has 0 spiro atoms. The van der Waals surface area contributed by atoms with Gasteiger partial charge in [0.25, 0.3) is 0 Å². The third kappa shape index (κ3) is 4.30. The summed E-state index contributed by atoms with van der Waals surface area (Å²) in [7, 11) is 0. The maximum Gasteiger partial charge on any atom is 0.303 e. The van der Waals surface area contributed by atoms with Gasteiger partial charge in [0, 0.05) is 6.92 Å². The van der Waals surface area contributed by atoms with Crippen molar-refractivity contribution < 1.29 is 9.53 Å². The molecule has 16 heavy (non-hydrogen) atoms. The third-order valence-corrected chi connectivity index (χ3v) is 2.35. The maximum absolute atomic E-state index is 11.0. The first kappa shape index (κ1) is 12.5. The molecular weight excluding hydrogens is 200 g/mol. The Morgan fingerprint density at radius 3 is 2.69 bits per heavy atom. The van der Waals surface area contributed by atoms with Crippen molar-refractivity contribution in [2.45, 2.75) is 32.3 Å². The van der Waals surface area contributed by atoms with Crippen LogP contribution in [-0.4, -0.2) is 5.97 Å². The number of benzene rings is 1. The van der Waals surface area contributed by atoms with Crippen LogP contribution in [0.15, 0.2) is 43.0 Å². The molecule has 1 atom stereocenters. The Labute approximate surface area is 96.9 Å². The van der Waals surface area contributed by atoms with Crippen LogP contribution in [0.25, 0.3) is 0 Å². The molecule has 0 N–H and O–H groups in total. The summed E-state index contributed by atoms with van der Waals surface area (Å²) >= 11 is 0. The molecule has 0 aliphatic carbocycles. The Hall–Kier alpha value is -1.57. The SMILES string of the molecule is C=CCCCC(OC(C)=O)c1ccccc1. The number of carbonyl (C=O) groups is 1. The molecule has 1 aromatic carbocycles. The predicted octanol–water partition coefficient (Wildman–Crippen LogP) is 3.65. The van der Waals surface area contributed by atoms with Crippen molar-refractivity contribution in [2.24, 2.45) is 0 Å². The number of unbranched alkanes of at least 4 members (excludes halogenated alkanes) is 1. The van der Waals surface area contributed by atoms with Gasteiger partial charge >= 0.3 is 5.97 Å². The summed E-state index contributed by atoms with van der Waals surface area (Å²) in [4.78, 5) is 11.0. The lowest BCUT2D eigenvalue weighted by Gasteiger charge is -2.16. The highest BCUT2D eigenvalue weighted by Gasteiger charge is 2.13. The Morgan fingerprint density at radius 1 is 1.44 bits per heavy atom. The van der Waals surface area contributed by atoms with Gasteiger partial charge in [-0.3, -0.25) is 4.79 Å². The summed E-state index contributed by atoms with van der Waals surface area (Å²) in [5, 5.41) is 0. The van der Waals surface area contributed by atoms with Crippen molar-refractivity contribution in [3.63, 3.8) is 0 Å². The van der Waals surface area contributed by atoms with Gasteiger partial charge in [-0.1, -0.05) is 36.4 Å². The topological polar surface area (TPSA) is 26.3 Å². The normalized spacial score (nSPS) is 11.8. The van der Waals surface area contributed by atoms with E-state index in [1.807, 2.05) is 36.4 Å². The summed E-state index contributed by atoms with van der Waals surface area (Å²) in [6, 6.07) is 9.85. The first-order chi connectivity index (χ1) is 7.74. The van der Waals surface area contributed by atoms with E-state index in [0.29, 0.717) is 0 Å². The fourth-order valence-corrected chi connectivity index (χ4v) is 1.61. The molecule has 1 aromatic rings. The molecule has 0 saturated heterocycles. The first-order valence-electron chi connectivity index (χ1n) is 5.57. The molecule has 0 bridgehead atoms. The first-order valence-corrected chi connectivity index (χ1v) is 5.57. The van der Waals surface area contributed by atoms with Crippen molar-refractivity contribution >= 4 is 5.97 Å². The maximum atomic E-state index is 11.0. The molecule has 0 amide bonds. The Kier molecular flexibility index (Phi) is 5.34. The van der Waals surface area contributed by atoms with Crippen LogP contribution in [-0.2, 0) is 9.53 Å². The van der Waals surface area contributed by atoms with E-state index in [0.717, 1.165) is 24.8 Å². The van der Waals surface area contributed by atoms with E-state index >= 15 is 0 Å². The molecule has 0 aliphatic heterocycles. The van der Waals surface area contributed by atoms with Crippen LogP contribution in [0, 0.1) is 0 Å². The van der Waals surface area contributed by atoms with Crippen molar-refractivity contribution in [3.05, 3.63) is 48.6 Å². The summed E-state index contributed by atoms with van der Waals surface area (Å²) in [6.07, 6.45) is 4.53. The standard InChI is InChI=1S/C14H18O2/c1-3-4-6-11-14(16-12(2)15)13-9-7-5-8-10-13/h3,5,7-10,14H,1,4,6,11H2,2H3. The molecule has 1 unspecified atom stereocenters. The number of allylic oxidation sites excluding steroid dienone is 1. The average Bonchev–Trinajstić information content (AvgIpc) is 2.29. The Bertz CT molecular complexity index is 330. The van der Waals surface area contributed by atoms with Gasteiger partial charge in [0.15, 0.2) is 0 Å². The Balaban J connectivity index is 2.63. The quantitative estimate of drug-likeness (QED) is 0.414. The van der Waals surface area contributed by atoms with E-state index in [-0.39, 0.29) is 12.1 Å². The highest BCUT2D eigenvalue weighted by Crippen LogP contribution is 2.23. The molecule has 0 heterocycles. The number of hydrogen-bond acceptors (Lipinski definition) is 2. The second-order valence-corrected chi connectivity index (χ2v) is 3.73. The molecule has 2 nitrogen and oxygen atoms in total. The zero-order valence-corrected chi connectivity index (χ0v) is 9.69. The van der Waals surface area contributed by atoms with Crippen LogP contribution < -0.4 is 0 Å². The van der Waals surface area contributed by atoms with Gasteiger partial charge in [-0.05, 0) is 24.8 Å².